The molecule has 0 spiro atoms. The van der Waals surface area contributed by atoms with E-state index < -0.39 is 36.0 Å². The molecular formula is C25H19Cl2NO7. The van der Waals surface area contributed by atoms with Gasteiger partial charge in [-0.2, -0.15) is 0 Å². The van der Waals surface area contributed by atoms with E-state index in [4.69, 9.17) is 32.7 Å². The highest BCUT2D eigenvalue weighted by atomic mass is 35.5. The number of esters is 2. The van der Waals surface area contributed by atoms with Gasteiger partial charge in [-0.15, -0.1) is 0 Å². The lowest BCUT2D eigenvalue weighted by atomic mass is 10.1. The van der Waals surface area contributed by atoms with Gasteiger partial charge in [0.05, 0.1) is 11.1 Å². The minimum absolute atomic E-state index is 0.00991. The van der Waals surface area contributed by atoms with Crippen molar-refractivity contribution in [2.45, 2.75) is 19.1 Å². The predicted octanol–water partition coefficient (Wildman–Crippen LogP) is 4.78. The molecule has 3 rings (SSSR count). The Kier molecular flexibility index (Phi) is 8.46. The Morgan fingerprint density at radius 3 is 1.57 bits per heavy atom. The molecule has 35 heavy (non-hydrogen) atoms. The number of benzene rings is 3. The van der Waals surface area contributed by atoms with Gasteiger partial charge >= 0.3 is 17.9 Å². The van der Waals surface area contributed by atoms with Crippen molar-refractivity contribution in [1.29, 1.82) is 0 Å². The smallest absolute Gasteiger partial charge is 0.349 e. The Hall–Kier alpha value is -3.88. The number of ether oxygens (including phenoxy) is 2. The molecule has 0 unspecified atom stereocenters. The molecule has 3 aromatic rings. The molecule has 0 bridgehead atoms. The van der Waals surface area contributed by atoms with Crippen molar-refractivity contribution in [1.82, 2.24) is 0 Å². The molecule has 0 aliphatic heterocycles. The number of anilines is 1. The summed E-state index contributed by atoms with van der Waals surface area (Å²) in [6.45, 7) is 1.85. The van der Waals surface area contributed by atoms with Crippen molar-refractivity contribution in [2.24, 2.45) is 0 Å². The van der Waals surface area contributed by atoms with Gasteiger partial charge < -0.3 is 19.9 Å². The molecule has 8 nitrogen and oxygen atoms in total. The first-order valence-electron chi connectivity index (χ1n) is 10.2. The van der Waals surface area contributed by atoms with Crippen molar-refractivity contribution in [3.63, 3.8) is 0 Å². The second kappa shape index (κ2) is 11.5. The average molecular weight is 516 g/mol. The first-order valence-corrected chi connectivity index (χ1v) is 10.9. The average Bonchev–Trinajstić information content (AvgIpc) is 2.83. The van der Waals surface area contributed by atoms with Crippen molar-refractivity contribution >= 4 is 52.7 Å². The number of hydrogen-bond acceptors (Lipinski definition) is 6. The third-order valence-electron chi connectivity index (χ3n) is 4.72. The molecule has 2 N–H and O–H groups in total. The number of halogens is 2. The fourth-order valence-corrected chi connectivity index (χ4v) is 3.14. The third-order valence-corrected chi connectivity index (χ3v) is 5.23. The van der Waals surface area contributed by atoms with Crippen molar-refractivity contribution in [2.75, 3.05) is 5.32 Å². The maximum atomic E-state index is 13.0. The van der Waals surface area contributed by atoms with Gasteiger partial charge in [-0.25, -0.2) is 14.4 Å². The monoisotopic (exact) mass is 515 g/mol. The molecule has 0 heterocycles. The molecule has 0 saturated heterocycles. The number of carbonyl (C=O) groups excluding carboxylic acids is 3. The summed E-state index contributed by atoms with van der Waals surface area (Å²) in [5.74, 6) is -4.77. The van der Waals surface area contributed by atoms with Crippen molar-refractivity contribution < 1.29 is 33.8 Å². The SMILES string of the molecule is Cc1ccc(NC(=O)[C@H](OC(=O)c2ccc(Cl)cc2)[C@@H](OC(=O)c2ccc(Cl)cc2)C(=O)O)cc1. The molecule has 10 heteroatoms. The summed E-state index contributed by atoms with van der Waals surface area (Å²) in [7, 11) is 0. The normalized spacial score (nSPS) is 12.2. The summed E-state index contributed by atoms with van der Waals surface area (Å²) >= 11 is 11.6. The predicted molar refractivity (Wildman–Crippen MR) is 129 cm³/mol. The van der Waals surface area contributed by atoms with E-state index in [2.05, 4.69) is 5.32 Å². The molecule has 0 aliphatic carbocycles. The summed E-state index contributed by atoms with van der Waals surface area (Å²) in [4.78, 5) is 50.4. The Labute approximate surface area is 210 Å². The Morgan fingerprint density at radius 2 is 1.14 bits per heavy atom. The maximum Gasteiger partial charge on any atom is 0.349 e. The first-order chi connectivity index (χ1) is 16.6. The van der Waals surface area contributed by atoms with Crippen LogP contribution in [-0.2, 0) is 19.1 Å². The van der Waals surface area contributed by atoms with Crippen LogP contribution in [0.3, 0.4) is 0 Å². The van der Waals surface area contributed by atoms with Gasteiger partial charge in [0.15, 0.2) is 0 Å². The molecule has 2 atom stereocenters. The van der Waals surface area contributed by atoms with Gasteiger partial charge in [-0.1, -0.05) is 40.9 Å². The third kappa shape index (κ3) is 7.05. The van der Waals surface area contributed by atoms with Crippen LogP contribution in [0, 0.1) is 6.92 Å². The van der Waals surface area contributed by atoms with Crippen LogP contribution < -0.4 is 5.32 Å². The number of rotatable bonds is 8. The van der Waals surface area contributed by atoms with Gasteiger partial charge in [-0.3, -0.25) is 4.79 Å². The molecule has 180 valence electrons. The Bertz CT molecular complexity index is 1230. The van der Waals surface area contributed by atoms with E-state index in [1.807, 2.05) is 6.92 Å². The van der Waals surface area contributed by atoms with Crippen LogP contribution in [0.4, 0.5) is 5.69 Å². The van der Waals surface area contributed by atoms with Crippen LogP contribution in [0.2, 0.25) is 10.0 Å². The molecule has 3 aromatic carbocycles. The molecule has 0 saturated carbocycles. The lowest BCUT2D eigenvalue weighted by Gasteiger charge is -2.23. The number of aryl methyl sites for hydroxylation is 1. The maximum absolute atomic E-state index is 13.0. The summed E-state index contributed by atoms with van der Waals surface area (Å²) < 4.78 is 10.3. The zero-order valence-corrected chi connectivity index (χ0v) is 19.7. The second-order valence-electron chi connectivity index (χ2n) is 7.36. The molecule has 0 fully saturated rings. The minimum atomic E-state index is -2.15. The quantitative estimate of drug-likeness (QED) is 0.414. The zero-order valence-electron chi connectivity index (χ0n) is 18.2. The lowest BCUT2D eigenvalue weighted by molar-refractivity contribution is -0.157. The number of nitrogens with one attached hydrogen (secondary N) is 1. The summed E-state index contributed by atoms with van der Waals surface area (Å²) in [5, 5.41) is 13.0. The highest BCUT2D eigenvalue weighted by Gasteiger charge is 2.41. The Balaban J connectivity index is 1.90. The number of carboxylic acid groups (broad SMARTS) is 1. The number of carbonyl (C=O) groups is 4. The molecule has 0 aliphatic rings. The molecule has 0 aromatic heterocycles. The van der Waals surface area contributed by atoms with E-state index in [1.54, 1.807) is 24.3 Å². The fraction of sp³-hybridized carbons (Fsp3) is 0.120. The van der Waals surface area contributed by atoms with Gasteiger partial charge in [0.1, 0.15) is 0 Å². The van der Waals surface area contributed by atoms with E-state index in [9.17, 15) is 24.3 Å². The van der Waals surface area contributed by atoms with Crippen LogP contribution in [-0.4, -0.2) is 41.1 Å². The van der Waals surface area contributed by atoms with E-state index in [0.29, 0.717) is 15.7 Å². The van der Waals surface area contributed by atoms with Gasteiger partial charge in [0, 0.05) is 15.7 Å². The topological polar surface area (TPSA) is 119 Å². The highest BCUT2D eigenvalue weighted by molar-refractivity contribution is 6.31. The highest BCUT2D eigenvalue weighted by Crippen LogP contribution is 2.18. The Morgan fingerprint density at radius 1 is 0.714 bits per heavy atom. The largest absolute Gasteiger partial charge is 0.478 e. The summed E-state index contributed by atoms with van der Waals surface area (Å²) in [5.41, 5.74) is 1.24. The van der Waals surface area contributed by atoms with E-state index in [0.717, 1.165) is 5.56 Å². The first kappa shape index (κ1) is 25.7. The number of amides is 1. The van der Waals surface area contributed by atoms with Gasteiger partial charge in [-0.05, 0) is 67.6 Å². The minimum Gasteiger partial charge on any atom is -0.478 e. The summed E-state index contributed by atoms with van der Waals surface area (Å²) in [6.07, 6.45) is -4.17. The number of aliphatic carboxylic acids is 1. The van der Waals surface area contributed by atoms with Crippen LogP contribution in [0.15, 0.2) is 72.8 Å². The fourth-order valence-electron chi connectivity index (χ4n) is 2.88. The lowest BCUT2D eigenvalue weighted by Crippen LogP contribution is -2.48. The van der Waals surface area contributed by atoms with Gasteiger partial charge in [0.25, 0.3) is 5.91 Å². The summed E-state index contributed by atoms with van der Waals surface area (Å²) in [6, 6.07) is 17.6. The van der Waals surface area contributed by atoms with Crippen LogP contribution in [0.25, 0.3) is 0 Å². The van der Waals surface area contributed by atoms with Crippen LogP contribution in [0.5, 0.6) is 0 Å². The van der Waals surface area contributed by atoms with Crippen molar-refractivity contribution in [3.05, 3.63) is 99.5 Å². The molecule has 1 amide bonds. The zero-order chi connectivity index (χ0) is 25.5. The van der Waals surface area contributed by atoms with E-state index in [-0.39, 0.29) is 11.1 Å². The van der Waals surface area contributed by atoms with Crippen LogP contribution >= 0.6 is 23.2 Å². The molecule has 0 radical (unpaired) electrons. The standard InChI is InChI=1S/C25H19Cl2NO7/c1-14-2-12-19(13-3-14)28-22(29)20(34-24(32)15-4-8-17(26)9-5-15)21(23(30)31)35-25(33)16-6-10-18(27)11-7-16/h2-13,20-21H,1H3,(H,28,29)(H,30,31)/t20-,21-/m1/s1. The molecular weight excluding hydrogens is 497 g/mol. The van der Waals surface area contributed by atoms with Crippen molar-refractivity contribution in [3.8, 4) is 0 Å². The van der Waals surface area contributed by atoms with Crippen LogP contribution in [0.1, 0.15) is 26.3 Å². The number of hydrogen-bond donors (Lipinski definition) is 2. The van der Waals surface area contributed by atoms with E-state index in [1.165, 1.54) is 48.5 Å². The second-order valence-corrected chi connectivity index (χ2v) is 8.23. The number of carboxylic acids is 1. The van der Waals surface area contributed by atoms with E-state index >= 15 is 0 Å². The van der Waals surface area contributed by atoms with Gasteiger partial charge in [0.2, 0.25) is 12.2 Å².